The molecule has 2 aromatic carbocycles. The molecule has 3 heteroatoms. The highest BCUT2D eigenvalue weighted by molar-refractivity contribution is 5.93. The van der Waals surface area contributed by atoms with Crippen molar-refractivity contribution in [2.75, 3.05) is 0 Å². The summed E-state index contributed by atoms with van der Waals surface area (Å²) in [6.07, 6.45) is 0. The molecule has 0 unspecified atom stereocenters. The fourth-order valence-electron chi connectivity index (χ4n) is 2.12. The Morgan fingerprint density at radius 3 is 2.53 bits per heavy atom. The predicted octanol–water partition coefficient (Wildman–Crippen LogP) is 3.38. The van der Waals surface area contributed by atoms with Gasteiger partial charge in [-0.2, -0.15) is 5.10 Å². The van der Waals surface area contributed by atoms with Gasteiger partial charge in [-0.1, -0.05) is 30.3 Å². The Morgan fingerprint density at radius 1 is 1.00 bits per heavy atom. The van der Waals surface area contributed by atoms with Gasteiger partial charge in [0.2, 0.25) is 0 Å². The lowest BCUT2D eigenvalue weighted by atomic mass is 10.1. The number of aromatic nitrogens is 2. The number of halogens is 1. The first-order valence-electron chi connectivity index (χ1n) is 5.44. The van der Waals surface area contributed by atoms with Crippen LogP contribution in [0.5, 0.6) is 0 Å². The summed E-state index contributed by atoms with van der Waals surface area (Å²) in [5.41, 5.74) is 2.29. The van der Waals surface area contributed by atoms with Gasteiger partial charge in [0.15, 0.2) is 0 Å². The molecule has 0 amide bonds. The Hall–Kier alpha value is -2.16. The van der Waals surface area contributed by atoms with Crippen molar-refractivity contribution in [3.8, 4) is 11.3 Å². The molecule has 1 aromatic heterocycles. The first-order valence-corrected chi connectivity index (χ1v) is 5.44. The van der Waals surface area contributed by atoms with Gasteiger partial charge in [0, 0.05) is 18.0 Å². The quantitative estimate of drug-likeness (QED) is 0.622. The SMILES string of the molecule is Cn1nc2ccccc2c1-c1ccccc1F. The summed E-state index contributed by atoms with van der Waals surface area (Å²) in [4.78, 5) is 0. The number of hydrogen-bond donors (Lipinski definition) is 0. The zero-order valence-electron chi connectivity index (χ0n) is 9.39. The number of nitrogens with zero attached hydrogens (tertiary/aromatic N) is 2. The number of fused-ring (bicyclic) bond motifs is 1. The summed E-state index contributed by atoms with van der Waals surface area (Å²) >= 11 is 0. The van der Waals surface area contributed by atoms with E-state index in [1.54, 1.807) is 16.8 Å². The largest absolute Gasteiger partial charge is 0.267 e. The van der Waals surface area contributed by atoms with Crippen molar-refractivity contribution in [3.05, 3.63) is 54.3 Å². The zero-order chi connectivity index (χ0) is 11.8. The second kappa shape index (κ2) is 3.70. The molecule has 0 radical (unpaired) electrons. The highest BCUT2D eigenvalue weighted by atomic mass is 19.1. The maximum absolute atomic E-state index is 13.8. The van der Waals surface area contributed by atoms with Gasteiger partial charge in [-0.05, 0) is 18.2 Å². The van der Waals surface area contributed by atoms with E-state index < -0.39 is 0 Å². The summed E-state index contributed by atoms with van der Waals surface area (Å²) in [7, 11) is 1.84. The van der Waals surface area contributed by atoms with E-state index in [0.29, 0.717) is 5.56 Å². The fraction of sp³-hybridized carbons (Fsp3) is 0.0714. The van der Waals surface area contributed by atoms with Crippen molar-refractivity contribution >= 4 is 10.9 Å². The molecule has 2 nitrogen and oxygen atoms in total. The van der Waals surface area contributed by atoms with Crippen molar-refractivity contribution in [3.63, 3.8) is 0 Å². The van der Waals surface area contributed by atoms with Crippen molar-refractivity contribution in [1.29, 1.82) is 0 Å². The molecule has 0 aliphatic heterocycles. The standard InChI is InChI=1S/C14H11FN2/c1-17-14(10-6-2-4-8-12(10)15)11-7-3-5-9-13(11)16-17/h2-9H,1H3. The molecule has 3 aromatic rings. The Balaban J connectivity index is 2.38. The molecule has 0 saturated carbocycles. The van der Waals surface area contributed by atoms with E-state index in [0.717, 1.165) is 16.6 Å². The summed E-state index contributed by atoms with van der Waals surface area (Å²) in [5.74, 6) is -0.221. The van der Waals surface area contributed by atoms with Gasteiger partial charge in [-0.25, -0.2) is 4.39 Å². The van der Waals surface area contributed by atoms with E-state index >= 15 is 0 Å². The van der Waals surface area contributed by atoms with Gasteiger partial charge in [0.05, 0.1) is 11.2 Å². The van der Waals surface area contributed by atoms with Crippen LogP contribution >= 0.6 is 0 Å². The van der Waals surface area contributed by atoms with Crippen LogP contribution in [0.15, 0.2) is 48.5 Å². The van der Waals surface area contributed by atoms with Crippen LogP contribution in [-0.4, -0.2) is 9.78 Å². The average Bonchev–Trinajstić information content (AvgIpc) is 2.66. The smallest absolute Gasteiger partial charge is 0.132 e. The topological polar surface area (TPSA) is 17.8 Å². The van der Waals surface area contributed by atoms with Gasteiger partial charge < -0.3 is 0 Å². The van der Waals surface area contributed by atoms with E-state index in [-0.39, 0.29) is 5.82 Å². The molecule has 0 saturated heterocycles. The van der Waals surface area contributed by atoms with E-state index in [1.165, 1.54) is 6.07 Å². The van der Waals surface area contributed by atoms with Gasteiger partial charge in [-0.15, -0.1) is 0 Å². The summed E-state index contributed by atoms with van der Waals surface area (Å²) in [6, 6.07) is 14.5. The Bertz CT molecular complexity index is 686. The van der Waals surface area contributed by atoms with Crippen LogP contribution in [0.25, 0.3) is 22.2 Å². The Morgan fingerprint density at radius 2 is 1.71 bits per heavy atom. The van der Waals surface area contributed by atoms with Crippen molar-refractivity contribution in [2.24, 2.45) is 7.05 Å². The lowest BCUT2D eigenvalue weighted by Crippen LogP contribution is -1.95. The zero-order valence-corrected chi connectivity index (χ0v) is 9.39. The van der Waals surface area contributed by atoms with Crippen LogP contribution < -0.4 is 0 Å². The van der Waals surface area contributed by atoms with Crippen LogP contribution in [0.1, 0.15) is 0 Å². The van der Waals surface area contributed by atoms with E-state index in [4.69, 9.17) is 0 Å². The second-order valence-corrected chi connectivity index (χ2v) is 3.97. The third-order valence-corrected chi connectivity index (χ3v) is 2.87. The highest BCUT2D eigenvalue weighted by Gasteiger charge is 2.13. The highest BCUT2D eigenvalue weighted by Crippen LogP contribution is 2.29. The molecule has 84 valence electrons. The number of benzene rings is 2. The van der Waals surface area contributed by atoms with E-state index in [2.05, 4.69) is 5.10 Å². The maximum atomic E-state index is 13.8. The summed E-state index contributed by atoms with van der Waals surface area (Å²) in [5, 5.41) is 5.35. The molecule has 17 heavy (non-hydrogen) atoms. The van der Waals surface area contributed by atoms with E-state index in [1.807, 2.05) is 37.4 Å². The molecule has 0 atom stereocenters. The Labute approximate surface area is 98.3 Å². The summed E-state index contributed by atoms with van der Waals surface area (Å²) < 4.78 is 15.5. The third kappa shape index (κ3) is 1.51. The van der Waals surface area contributed by atoms with Crippen LogP contribution in [0, 0.1) is 5.82 Å². The normalized spacial score (nSPS) is 10.9. The molecule has 0 fully saturated rings. The third-order valence-electron chi connectivity index (χ3n) is 2.87. The van der Waals surface area contributed by atoms with E-state index in [9.17, 15) is 4.39 Å². The summed E-state index contributed by atoms with van der Waals surface area (Å²) in [6.45, 7) is 0. The lowest BCUT2D eigenvalue weighted by molar-refractivity contribution is 0.628. The minimum Gasteiger partial charge on any atom is -0.267 e. The van der Waals surface area contributed by atoms with Crippen LogP contribution in [-0.2, 0) is 7.05 Å². The van der Waals surface area contributed by atoms with Crippen LogP contribution in [0.2, 0.25) is 0 Å². The lowest BCUT2D eigenvalue weighted by Gasteiger charge is -2.04. The predicted molar refractivity (Wildman–Crippen MR) is 66.1 cm³/mol. The molecule has 0 aliphatic rings. The van der Waals surface area contributed by atoms with Crippen LogP contribution in [0.3, 0.4) is 0 Å². The first-order chi connectivity index (χ1) is 8.27. The van der Waals surface area contributed by atoms with Gasteiger partial charge in [-0.3, -0.25) is 4.68 Å². The van der Waals surface area contributed by atoms with Gasteiger partial charge >= 0.3 is 0 Å². The molecule has 3 rings (SSSR count). The minimum atomic E-state index is -0.221. The minimum absolute atomic E-state index is 0.221. The maximum Gasteiger partial charge on any atom is 0.132 e. The average molecular weight is 226 g/mol. The molecule has 0 N–H and O–H groups in total. The molecular formula is C14H11FN2. The molecule has 1 heterocycles. The van der Waals surface area contributed by atoms with Crippen LogP contribution in [0.4, 0.5) is 4.39 Å². The second-order valence-electron chi connectivity index (χ2n) is 3.97. The Kier molecular flexibility index (Phi) is 2.18. The van der Waals surface area contributed by atoms with Gasteiger partial charge in [0.25, 0.3) is 0 Å². The molecule has 0 aliphatic carbocycles. The number of aryl methyl sites for hydroxylation is 1. The first kappa shape index (κ1) is 10.0. The monoisotopic (exact) mass is 226 g/mol. The van der Waals surface area contributed by atoms with Crippen molar-refractivity contribution in [2.45, 2.75) is 0 Å². The van der Waals surface area contributed by atoms with Crippen molar-refractivity contribution in [1.82, 2.24) is 9.78 Å². The van der Waals surface area contributed by atoms with Gasteiger partial charge in [0.1, 0.15) is 5.82 Å². The fourth-order valence-corrected chi connectivity index (χ4v) is 2.12. The molecule has 0 bridgehead atoms. The van der Waals surface area contributed by atoms with Crippen molar-refractivity contribution < 1.29 is 4.39 Å². The number of rotatable bonds is 1. The molecule has 0 spiro atoms. The number of hydrogen-bond acceptors (Lipinski definition) is 1. The molecular weight excluding hydrogens is 215 g/mol.